The highest BCUT2D eigenvalue weighted by Crippen LogP contribution is 2.23. The van der Waals surface area contributed by atoms with E-state index in [1.807, 2.05) is 30.3 Å². The minimum Gasteiger partial charge on any atom is -0.497 e. The van der Waals surface area contributed by atoms with Crippen LogP contribution in [-0.2, 0) is 6.42 Å². The molecule has 0 unspecified atom stereocenters. The van der Waals surface area contributed by atoms with Crippen LogP contribution in [0, 0.1) is 0 Å². The number of hydrogen-bond donors (Lipinski definition) is 0. The zero-order valence-electron chi connectivity index (χ0n) is 12.6. The van der Waals surface area contributed by atoms with Crippen LogP contribution in [-0.4, -0.2) is 21.3 Å². The third-order valence-electron chi connectivity index (χ3n) is 3.20. The first kappa shape index (κ1) is 15.0. The fourth-order valence-corrected chi connectivity index (χ4v) is 2.02. The van der Waals surface area contributed by atoms with Gasteiger partial charge in [-0.05, 0) is 41.8 Å². The lowest BCUT2D eigenvalue weighted by molar-refractivity contribution is 0.394. The molecule has 0 aliphatic carbocycles. The van der Waals surface area contributed by atoms with Gasteiger partial charge in [0.15, 0.2) is 0 Å². The first-order valence-electron chi connectivity index (χ1n) is 6.77. The Morgan fingerprint density at radius 3 is 1.86 bits per heavy atom. The second-order valence-corrected chi connectivity index (χ2v) is 4.60. The van der Waals surface area contributed by atoms with Crippen LogP contribution in [0.1, 0.15) is 11.1 Å². The summed E-state index contributed by atoms with van der Waals surface area (Å²) in [7, 11) is 4.98. The molecule has 2 aromatic rings. The van der Waals surface area contributed by atoms with Gasteiger partial charge in [-0.3, -0.25) is 0 Å². The standard InChI is InChI=1S/C18H20O3/c1-19-16-9-7-14(8-10-16)5-4-6-15-11-17(20-2)13-18(12-15)21-3/h4,6-13H,5H2,1-3H3/b6-4+. The maximum Gasteiger partial charge on any atom is 0.123 e. The molecule has 3 nitrogen and oxygen atoms in total. The molecule has 3 heteroatoms. The van der Waals surface area contributed by atoms with Crippen molar-refractivity contribution in [1.82, 2.24) is 0 Å². The number of ether oxygens (including phenoxy) is 3. The maximum absolute atomic E-state index is 5.26. The van der Waals surface area contributed by atoms with Gasteiger partial charge in [-0.25, -0.2) is 0 Å². The monoisotopic (exact) mass is 284 g/mol. The zero-order chi connectivity index (χ0) is 15.1. The van der Waals surface area contributed by atoms with Gasteiger partial charge in [0.05, 0.1) is 21.3 Å². The molecule has 0 N–H and O–H groups in total. The fraction of sp³-hybridized carbons (Fsp3) is 0.222. The van der Waals surface area contributed by atoms with Crippen LogP contribution < -0.4 is 14.2 Å². The fourth-order valence-electron chi connectivity index (χ4n) is 2.02. The topological polar surface area (TPSA) is 27.7 Å². The minimum absolute atomic E-state index is 0.790. The predicted octanol–water partition coefficient (Wildman–Crippen LogP) is 3.97. The van der Waals surface area contributed by atoms with Crippen LogP contribution in [0.4, 0.5) is 0 Å². The van der Waals surface area contributed by atoms with Gasteiger partial charge in [0.1, 0.15) is 17.2 Å². The van der Waals surface area contributed by atoms with Crippen molar-refractivity contribution in [3.05, 3.63) is 59.7 Å². The molecule has 0 heterocycles. The van der Waals surface area contributed by atoms with Gasteiger partial charge >= 0.3 is 0 Å². The average molecular weight is 284 g/mol. The van der Waals surface area contributed by atoms with E-state index in [9.17, 15) is 0 Å². The molecular formula is C18H20O3. The lowest BCUT2D eigenvalue weighted by Gasteiger charge is -2.05. The molecule has 0 aromatic heterocycles. The smallest absolute Gasteiger partial charge is 0.123 e. The molecular weight excluding hydrogens is 264 g/mol. The number of methoxy groups -OCH3 is 3. The van der Waals surface area contributed by atoms with E-state index in [2.05, 4.69) is 24.3 Å². The van der Waals surface area contributed by atoms with Crippen LogP contribution in [0.3, 0.4) is 0 Å². The Labute approximate surface area is 125 Å². The molecule has 0 saturated heterocycles. The Bertz CT molecular complexity index is 578. The van der Waals surface area contributed by atoms with E-state index in [4.69, 9.17) is 14.2 Å². The Morgan fingerprint density at radius 1 is 0.762 bits per heavy atom. The average Bonchev–Trinajstić information content (AvgIpc) is 2.55. The third-order valence-corrected chi connectivity index (χ3v) is 3.20. The van der Waals surface area contributed by atoms with Crippen molar-refractivity contribution in [1.29, 1.82) is 0 Å². The second kappa shape index (κ2) is 7.39. The van der Waals surface area contributed by atoms with Crippen molar-refractivity contribution in [2.45, 2.75) is 6.42 Å². The molecule has 0 bridgehead atoms. The molecule has 2 aromatic carbocycles. The van der Waals surface area contributed by atoms with Gasteiger partial charge in [-0.1, -0.05) is 24.3 Å². The lowest BCUT2D eigenvalue weighted by atomic mass is 10.1. The Balaban J connectivity index is 2.06. The zero-order valence-corrected chi connectivity index (χ0v) is 12.6. The molecule has 2 rings (SSSR count). The molecule has 0 spiro atoms. The number of benzene rings is 2. The summed E-state index contributed by atoms with van der Waals surface area (Å²) in [6.07, 6.45) is 5.05. The van der Waals surface area contributed by atoms with Gasteiger partial charge in [-0.15, -0.1) is 0 Å². The van der Waals surface area contributed by atoms with Gasteiger partial charge < -0.3 is 14.2 Å². The number of rotatable bonds is 6. The van der Waals surface area contributed by atoms with Gasteiger partial charge in [0.25, 0.3) is 0 Å². The Kier molecular flexibility index (Phi) is 5.27. The van der Waals surface area contributed by atoms with Gasteiger partial charge in [-0.2, -0.15) is 0 Å². The van der Waals surface area contributed by atoms with Gasteiger partial charge in [0.2, 0.25) is 0 Å². The third kappa shape index (κ3) is 4.28. The second-order valence-electron chi connectivity index (χ2n) is 4.60. The molecule has 0 saturated carbocycles. The summed E-state index contributed by atoms with van der Waals surface area (Å²) >= 11 is 0. The summed E-state index contributed by atoms with van der Waals surface area (Å²) in [6.45, 7) is 0. The predicted molar refractivity (Wildman–Crippen MR) is 85.3 cm³/mol. The molecule has 0 radical (unpaired) electrons. The van der Waals surface area contributed by atoms with Crippen molar-refractivity contribution < 1.29 is 14.2 Å². The van der Waals surface area contributed by atoms with Crippen molar-refractivity contribution in [2.75, 3.05) is 21.3 Å². The first-order chi connectivity index (χ1) is 10.2. The molecule has 21 heavy (non-hydrogen) atoms. The molecule has 0 fully saturated rings. The summed E-state index contributed by atoms with van der Waals surface area (Å²) in [5.74, 6) is 2.46. The van der Waals surface area contributed by atoms with E-state index in [1.54, 1.807) is 21.3 Å². The van der Waals surface area contributed by atoms with E-state index in [0.717, 1.165) is 29.2 Å². The van der Waals surface area contributed by atoms with Crippen LogP contribution in [0.2, 0.25) is 0 Å². The normalized spacial score (nSPS) is 10.6. The summed E-state index contributed by atoms with van der Waals surface area (Å²) in [6, 6.07) is 13.9. The highest BCUT2D eigenvalue weighted by Gasteiger charge is 1.99. The summed E-state index contributed by atoms with van der Waals surface area (Å²) < 4.78 is 15.7. The Morgan fingerprint density at radius 2 is 1.33 bits per heavy atom. The van der Waals surface area contributed by atoms with Crippen LogP contribution >= 0.6 is 0 Å². The van der Waals surface area contributed by atoms with E-state index in [0.29, 0.717) is 0 Å². The van der Waals surface area contributed by atoms with Crippen molar-refractivity contribution >= 4 is 6.08 Å². The summed E-state index contributed by atoms with van der Waals surface area (Å²) in [5, 5.41) is 0. The maximum atomic E-state index is 5.26. The Hall–Kier alpha value is -2.42. The highest BCUT2D eigenvalue weighted by atomic mass is 16.5. The molecule has 110 valence electrons. The van der Waals surface area contributed by atoms with E-state index in [-0.39, 0.29) is 0 Å². The summed E-state index contributed by atoms with van der Waals surface area (Å²) in [4.78, 5) is 0. The summed E-state index contributed by atoms with van der Waals surface area (Å²) in [5.41, 5.74) is 2.29. The van der Waals surface area contributed by atoms with E-state index >= 15 is 0 Å². The number of hydrogen-bond acceptors (Lipinski definition) is 3. The van der Waals surface area contributed by atoms with E-state index < -0.39 is 0 Å². The van der Waals surface area contributed by atoms with E-state index in [1.165, 1.54) is 5.56 Å². The lowest BCUT2D eigenvalue weighted by Crippen LogP contribution is -1.88. The molecule has 0 aliphatic heterocycles. The van der Waals surface area contributed by atoms with Crippen molar-refractivity contribution in [3.63, 3.8) is 0 Å². The first-order valence-corrected chi connectivity index (χ1v) is 6.77. The highest BCUT2D eigenvalue weighted by molar-refractivity contribution is 5.55. The largest absolute Gasteiger partial charge is 0.497 e. The molecule has 0 atom stereocenters. The van der Waals surface area contributed by atoms with Crippen molar-refractivity contribution in [3.8, 4) is 17.2 Å². The minimum atomic E-state index is 0.790. The van der Waals surface area contributed by atoms with Crippen LogP contribution in [0.15, 0.2) is 48.5 Å². The van der Waals surface area contributed by atoms with Crippen molar-refractivity contribution in [2.24, 2.45) is 0 Å². The van der Waals surface area contributed by atoms with Crippen LogP contribution in [0.25, 0.3) is 6.08 Å². The number of allylic oxidation sites excluding steroid dienone is 1. The molecule has 0 aliphatic rings. The van der Waals surface area contributed by atoms with Gasteiger partial charge in [0, 0.05) is 6.07 Å². The molecule has 0 amide bonds. The van der Waals surface area contributed by atoms with Crippen LogP contribution in [0.5, 0.6) is 17.2 Å². The SMILES string of the molecule is COc1ccc(C/C=C/c2cc(OC)cc(OC)c2)cc1. The quantitative estimate of drug-likeness (QED) is 0.803.